The van der Waals surface area contributed by atoms with Gasteiger partial charge in [-0.2, -0.15) is 0 Å². The van der Waals surface area contributed by atoms with Gasteiger partial charge >= 0.3 is 0 Å². The van der Waals surface area contributed by atoms with Crippen molar-refractivity contribution in [3.63, 3.8) is 0 Å². The predicted octanol–water partition coefficient (Wildman–Crippen LogP) is 0.609. The molecule has 1 aromatic heterocycles. The normalized spacial score (nSPS) is 20.1. The quantitative estimate of drug-likeness (QED) is 0.800. The van der Waals surface area contributed by atoms with Crippen LogP contribution in [-0.4, -0.2) is 51.4 Å². The number of sulfonamides is 1. The molecule has 9 heteroatoms. The lowest BCUT2D eigenvalue weighted by molar-refractivity contribution is -0.132. The molecule has 0 radical (unpaired) electrons. The number of nitrogens with zero attached hydrogens (tertiary/aromatic N) is 1. The fraction of sp³-hybridized carbons (Fsp3) is 0.545. The summed E-state index contributed by atoms with van der Waals surface area (Å²) < 4.78 is 27.3. The summed E-state index contributed by atoms with van der Waals surface area (Å²) in [7, 11) is -3.62. The second kappa shape index (κ2) is 6.52. The molecule has 0 unspecified atom stereocenters. The maximum Gasteiger partial charge on any atom is 0.250 e. The minimum atomic E-state index is -3.62. The minimum Gasteiger partial charge on any atom is -0.336 e. The van der Waals surface area contributed by atoms with Crippen molar-refractivity contribution in [3.05, 3.63) is 15.9 Å². The van der Waals surface area contributed by atoms with Gasteiger partial charge in [0.15, 0.2) is 0 Å². The third-order valence-electron chi connectivity index (χ3n) is 3.05. The number of amides is 1. The molecule has 112 valence electrons. The molecule has 1 aliphatic heterocycles. The van der Waals surface area contributed by atoms with Crippen LogP contribution in [0.3, 0.4) is 0 Å². The van der Waals surface area contributed by atoms with Gasteiger partial charge in [-0.15, -0.1) is 11.3 Å². The van der Waals surface area contributed by atoms with E-state index in [1.165, 1.54) is 6.07 Å². The summed E-state index contributed by atoms with van der Waals surface area (Å²) in [5, 5.41) is 3.18. The summed E-state index contributed by atoms with van der Waals surface area (Å²) in [5.74, 6) is -0.196. The third kappa shape index (κ3) is 3.79. The lowest BCUT2D eigenvalue weighted by atomic mass is 10.2. The van der Waals surface area contributed by atoms with Gasteiger partial charge in [0.25, 0.3) is 10.0 Å². The van der Waals surface area contributed by atoms with Crippen molar-refractivity contribution in [1.82, 2.24) is 14.9 Å². The first-order valence-electron chi connectivity index (χ1n) is 6.15. The Balaban J connectivity index is 1.96. The van der Waals surface area contributed by atoms with Crippen LogP contribution in [0.5, 0.6) is 0 Å². The van der Waals surface area contributed by atoms with Crippen molar-refractivity contribution in [2.45, 2.75) is 17.2 Å². The monoisotopic (exact) mass is 381 g/mol. The zero-order valence-electron chi connectivity index (χ0n) is 10.9. The van der Waals surface area contributed by atoms with Crippen LogP contribution in [-0.2, 0) is 14.8 Å². The number of carbonyl (C=O) groups excluding carboxylic acids is 1. The smallest absolute Gasteiger partial charge is 0.250 e. The summed E-state index contributed by atoms with van der Waals surface area (Å²) in [4.78, 5) is 13.8. The van der Waals surface area contributed by atoms with Crippen molar-refractivity contribution in [2.75, 3.05) is 26.2 Å². The van der Waals surface area contributed by atoms with Gasteiger partial charge in [0, 0.05) is 25.7 Å². The Kier molecular flexibility index (Phi) is 5.19. The maximum absolute atomic E-state index is 12.1. The molecule has 0 aliphatic carbocycles. The van der Waals surface area contributed by atoms with E-state index in [-0.39, 0.29) is 22.7 Å². The summed E-state index contributed by atoms with van der Waals surface area (Å²) in [6.45, 7) is 3.81. The van der Waals surface area contributed by atoms with Gasteiger partial charge in [-0.1, -0.05) is 0 Å². The molecule has 0 aromatic carbocycles. The molecule has 0 bridgehead atoms. The van der Waals surface area contributed by atoms with E-state index in [4.69, 9.17) is 0 Å². The van der Waals surface area contributed by atoms with E-state index in [9.17, 15) is 13.2 Å². The van der Waals surface area contributed by atoms with Crippen molar-refractivity contribution >= 4 is 43.2 Å². The highest BCUT2D eigenvalue weighted by molar-refractivity contribution is 9.11. The van der Waals surface area contributed by atoms with Gasteiger partial charge in [0.05, 0.1) is 10.3 Å². The topological polar surface area (TPSA) is 78.5 Å². The Morgan fingerprint density at radius 3 is 2.95 bits per heavy atom. The summed E-state index contributed by atoms with van der Waals surface area (Å²) in [5.41, 5.74) is 0. The molecule has 1 fully saturated rings. The zero-order valence-corrected chi connectivity index (χ0v) is 14.1. The number of thiophene rings is 1. The molecule has 2 heterocycles. The average Bonchev–Trinajstić information content (AvgIpc) is 2.84. The van der Waals surface area contributed by atoms with Crippen LogP contribution in [0.4, 0.5) is 0 Å². The molecule has 1 amide bonds. The highest BCUT2D eigenvalue weighted by atomic mass is 79.9. The van der Waals surface area contributed by atoms with Crippen molar-refractivity contribution in [3.8, 4) is 0 Å². The van der Waals surface area contributed by atoms with Crippen LogP contribution in [0.2, 0.25) is 0 Å². The molecule has 2 N–H and O–H groups in total. The van der Waals surface area contributed by atoms with Gasteiger partial charge in [-0.3, -0.25) is 4.79 Å². The molecule has 1 saturated heterocycles. The van der Waals surface area contributed by atoms with Crippen molar-refractivity contribution in [1.29, 1.82) is 0 Å². The van der Waals surface area contributed by atoms with Crippen LogP contribution < -0.4 is 10.0 Å². The van der Waals surface area contributed by atoms with Crippen LogP contribution in [0, 0.1) is 0 Å². The molecular formula is C11H16BrN3O3S2. The zero-order chi connectivity index (χ0) is 14.8. The Hall–Kier alpha value is -0.480. The van der Waals surface area contributed by atoms with Crippen LogP contribution in [0.25, 0.3) is 0 Å². The van der Waals surface area contributed by atoms with Crippen LogP contribution in [0.15, 0.2) is 20.1 Å². The first-order chi connectivity index (χ1) is 9.40. The molecule has 2 rings (SSSR count). The molecule has 1 atom stereocenters. The molecule has 0 spiro atoms. The van der Waals surface area contributed by atoms with Gasteiger partial charge in [-0.05, 0) is 35.0 Å². The fourth-order valence-corrected chi connectivity index (χ4v) is 5.01. The average molecular weight is 382 g/mol. The van der Waals surface area contributed by atoms with Gasteiger partial charge in [0.2, 0.25) is 5.91 Å². The third-order valence-corrected chi connectivity index (χ3v) is 6.57. The van der Waals surface area contributed by atoms with E-state index in [0.29, 0.717) is 6.54 Å². The van der Waals surface area contributed by atoms with E-state index >= 15 is 0 Å². The van der Waals surface area contributed by atoms with Crippen LogP contribution >= 0.6 is 27.3 Å². The number of halogens is 1. The van der Waals surface area contributed by atoms with Crippen molar-refractivity contribution in [2.24, 2.45) is 0 Å². The lowest BCUT2D eigenvalue weighted by Gasteiger charge is -2.34. The number of hydrogen-bond acceptors (Lipinski definition) is 5. The standard InChI is InChI=1S/C11H16BrN3O3S2/c1-8-6-13-4-5-15(8)10(16)7-14-20(17,18)11-3-2-9(12)19-11/h2-3,8,13-14H,4-7H2,1H3/t8-/m0/s1. The minimum absolute atomic E-state index is 0.0802. The van der Waals surface area contributed by atoms with E-state index in [1.807, 2.05) is 6.92 Å². The summed E-state index contributed by atoms with van der Waals surface area (Å²) >= 11 is 4.33. The lowest BCUT2D eigenvalue weighted by Crippen LogP contribution is -2.54. The molecule has 6 nitrogen and oxygen atoms in total. The van der Waals surface area contributed by atoms with Gasteiger partial charge < -0.3 is 10.2 Å². The highest BCUT2D eigenvalue weighted by Gasteiger charge is 2.25. The largest absolute Gasteiger partial charge is 0.336 e. The Bertz CT molecular complexity index is 587. The van der Waals surface area contributed by atoms with E-state index < -0.39 is 10.0 Å². The maximum atomic E-state index is 12.1. The first kappa shape index (κ1) is 15.9. The second-order valence-electron chi connectivity index (χ2n) is 4.52. The second-order valence-corrected chi connectivity index (χ2v) is 8.98. The summed E-state index contributed by atoms with van der Waals surface area (Å²) in [6, 6.07) is 3.26. The first-order valence-corrected chi connectivity index (χ1v) is 9.24. The fourth-order valence-electron chi connectivity index (χ4n) is 1.98. The Morgan fingerprint density at radius 1 is 1.60 bits per heavy atom. The number of piperazine rings is 1. The number of nitrogens with one attached hydrogen (secondary N) is 2. The van der Waals surface area contributed by atoms with E-state index in [0.717, 1.165) is 28.2 Å². The molecule has 1 aromatic rings. The molecule has 1 aliphatic rings. The van der Waals surface area contributed by atoms with Gasteiger partial charge in [-0.25, -0.2) is 13.1 Å². The molecule has 20 heavy (non-hydrogen) atoms. The van der Waals surface area contributed by atoms with Crippen LogP contribution in [0.1, 0.15) is 6.92 Å². The predicted molar refractivity (Wildman–Crippen MR) is 81.3 cm³/mol. The Morgan fingerprint density at radius 2 is 2.35 bits per heavy atom. The van der Waals surface area contributed by atoms with E-state index in [2.05, 4.69) is 26.0 Å². The van der Waals surface area contributed by atoms with Crippen molar-refractivity contribution < 1.29 is 13.2 Å². The molecular weight excluding hydrogens is 366 g/mol. The SMILES string of the molecule is C[C@H]1CNCCN1C(=O)CNS(=O)(=O)c1ccc(Br)s1. The number of carbonyl (C=O) groups is 1. The number of rotatable bonds is 4. The number of hydrogen-bond donors (Lipinski definition) is 2. The molecule has 0 saturated carbocycles. The summed E-state index contributed by atoms with van der Waals surface area (Å²) in [6.07, 6.45) is 0. The van der Waals surface area contributed by atoms with E-state index in [1.54, 1.807) is 11.0 Å². The highest BCUT2D eigenvalue weighted by Crippen LogP contribution is 2.25. The van der Waals surface area contributed by atoms with Gasteiger partial charge in [0.1, 0.15) is 4.21 Å². The Labute approximate surface area is 130 Å².